The molecule has 0 radical (unpaired) electrons. The number of thiazole rings is 1. The monoisotopic (exact) mass is 465 g/mol. The number of fused-ring (bicyclic) bond motifs is 2. The van der Waals surface area contributed by atoms with Gasteiger partial charge in [-0.3, -0.25) is 9.20 Å². The molecule has 4 aromatic rings. The summed E-state index contributed by atoms with van der Waals surface area (Å²) in [6.07, 6.45) is 1.78. The minimum Gasteiger partial charge on any atom is -0.473 e. The van der Waals surface area contributed by atoms with Crippen molar-refractivity contribution in [1.82, 2.24) is 24.7 Å². The first-order valence-corrected chi connectivity index (χ1v) is 11.8. The van der Waals surface area contributed by atoms with Crippen LogP contribution in [0.3, 0.4) is 0 Å². The van der Waals surface area contributed by atoms with Crippen LogP contribution in [0.5, 0.6) is 5.19 Å². The van der Waals surface area contributed by atoms with Gasteiger partial charge >= 0.3 is 0 Å². The third-order valence-electron chi connectivity index (χ3n) is 5.82. The number of amides is 1. The lowest BCUT2D eigenvalue weighted by Gasteiger charge is -2.37. The van der Waals surface area contributed by atoms with E-state index in [0.717, 1.165) is 40.6 Å². The highest BCUT2D eigenvalue weighted by molar-refractivity contribution is 7.21. The molecule has 1 fully saturated rings. The third-order valence-corrected chi connectivity index (χ3v) is 6.86. The Balaban J connectivity index is 1.51. The number of imidazole rings is 1. The molecule has 1 aliphatic heterocycles. The fraction of sp³-hybridized carbons (Fsp3) is 0.391. The Morgan fingerprint density at radius 3 is 2.67 bits per heavy atom. The lowest BCUT2D eigenvalue weighted by molar-refractivity contribution is 0.102. The number of aryl methyl sites for hydroxylation is 2. The van der Waals surface area contributed by atoms with Gasteiger partial charge in [0, 0.05) is 36.9 Å². The number of ether oxygens (including phenoxy) is 1. The Morgan fingerprint density at radius 1 is 1.18 bits per heavy atom. The fourth-order valence-electron chi connectivity index (χ4n) is 4.54. The van der Waals surface area contributed by atoms with E-state index in [9.17, 15) is 4.79 Å². The van der Waals surface area contributed by atoms with Crippen molar-refractivity contribution in [2.45, 2.75) is 39.8 Å². The molecular formula is C23H27N7O2S. The summed E-state index contributed by atoms with van der Waals surface area (Å²) in [6.45, 7) is 9.98. The average Bonchev–Trinajstić information content (AvgIpc) is 3.36. The summed E-state index contributed by atoms with van der Waals surface area (Å²) in [4.78, 5) is 29.2. The van der Waals surface area contributed by atoms with Crippen molar-refractivity contribution >= 4 is 44.6 Å². The smallest absolute Gasteiger partial charge is 0.274 e. The summed E-state index contributed by atoms with van der Waals surface area (Å²) in [5, 5.41) is 7.03. The molecule has 9 nitrogen and oxygen atoms in total. The van der Waals surface area contributed by atoms with E-state index in [1.165, 1.54) is 11.3 Å². The number of aromatic nitrogens is 4. The molecule has 4 heterocycles. The summed E-state index contributed by atoms with van der Waals surface area (Å²) in [5.74, 6) is 1.03. The molecule has 3 aromatic heterocycles. The number of rotatable bonds is 4. The molecule has 1 saturated heterocycles. The molecule has 0 unspecified atom stereocenters. The number of hydrogen-bond donors (Lipinski definition) is 2. The van der Waals surface area contributed by atoms with Crippen LogP contribution in [0, 0.1) is 13.8 Å². The van der Waals surface area contributed by atoms with Gasteiger partial charge in [-0.1, -0.05) is 11.3 Å². The number of hydrogen-bond acceptors (Lipinski definition) is 8. The first kappa shape index (κ1) is 21.6. The SMILES string of the molecule is COc1nc2c(C(=O)Nc3cn4c(C)nc(C)cc4n3)ccc(N3C[C@H](C)N[C@@H](C)C3)c2s1. The van der Waals surface area contributed by atoms with Crippen molar-refractivity contribution in [3.8, 4) is 5.19 Å². The molecule has 2 atom stereocenters. The summed E-state index contributed by atoms with van der Waals surface area (Å²) in [6, 6.07) is 6.49. The van der Waals surface area contributed by atoms with Gasteiger partial charge in [0.1, 0.15) is 17.0 Å². The lowest BCUT2D eigenvalue weighted by atomic mass is 10.1. The van der Waals surface area contributed by atoms with E-state index in [4.69, 9.17) is 4.74 Å². The van der Waals surface area contributed by atoms with Gasteiger partial charge in [0.15, 0.2) is 5.82 Å². The van der Waals surface area contributed by atoms with E-state index < -0.39 is 0 Å². The zero-order chi connectivity index (χ0) is 23.3. The molecule has 0 aliphatic carbocycles. The van der Waals surface area contributed by atoms with Crippen LogP contribution < -0.4 is 20.3 Å². The Kier molecular flexibility index (Phi) is 5.41. The van der Waals surface area contributed by atoms with Gasteiger partial charge in [0.05, 0.1) is 29.3 Å². The maximum atomic E-state index is 13.3. The molecule has 33 heavy (non-hydrogen) atoms. The van der Waals surface area contributed by atoms with Gasteiger partial charge in [-0.25, -0.2) is 15.0 Å². The van der Waals surface area contributed by atoms with Crippen molar-refractivity contribution in [2.24, 2.45) is 0 Å². The Labute approximate surface area is 195 Å². The molecule has 5 rings (SSSR count). The largest absolute Gasteiger partial charge is 0.473 e. The van der Waals surface area contributed by atoms with Crippen LogP contribution >= 0.6 is 11.3 Å². The Bertz CT molecular complexity index is 1350. The molecule has 1 aliphatic rings. The summed E-state index contributed by atoms with van der Waals surface area (Å²) >= 11 is 1.46. The molecule has 0 saturated carbocycles. The number of anilines is 2. The van der Waals surface area contributed by atoms with Crippen molar-refractivity contribution in [3.63, 3.8) is 0 Å². The van der Waals surface area contributed by atoms with E-state index in [1.807, 2.05) is 36.4 Å². The van der Waals surface area contributed by atoms with Gasteiger partial charge in [0.25, 0.3) is 11.1 Å². The van der Waals surface area contributed by atoms with Gasteiger partial charge in [-0.05, 0) is 39.8 Å². The summed E-state index contributed by atoms with van der Waals surface area (Å²) < 4.78 is 8.23. The molecule has 2 N–H and O–H groups in total. The number of nitrogens with zero attached hydrogens (tertiary/aromatic N) is 5. The van der Waals surface area contributed by atoms with Crippen LogP contribution in [0.15, 0.2) is 24.4 Å². The topological polar surface area (TPSA) is 96.7 Å². The van der Waals surface area contributed by atoms with Crippen LogP contribution in [0.25, 0.3) is 15.9 Å². The highest BCUT2D eigenvalue weighted by Gasteiger charge is 2.26. The average molecular weight is 466 g/mol. The second-order valence-electron chi connectivity index (χ2n) is 8.62. The molecule has 1 aromatic carbocycles. The van der Waals surface area contributed by atoms with Gasteiger partial charge in [0.2, 0.25) is 0 Å². The lowest BCUT2D eigenvalue weighted by Crippen LogP contribution is -2.54. The van der Waals surface area contributed by atoms with Crippen LogP contribution in [0.4, 0.5) is 11.5 Å². The number of carbonyl (C=O) groups excluding carboxylic acids is 1. The maximum absolute atomic E-state index is 13.3. The van der Waals surface area contributed by atoms with Crippen LogP contribution in [-0.2, 0) is 0 Å². The zero-order valence-corrected chi connectivity index (χ0v) is 20.2. The van der Waals surface area contributed by atoms with Crippen LogP contribution in [-0.4, -0.2) is 57.5 Å². The zero-order valence-electron chi connectivity index (χ0n) is 19.3. The van der Waals surface area contributed by atoms with Gasteiger partial charge < -0.3 is 20.3 Å². The fourth-order valence-corrected chi connectivity index (χ4v) is 5.49. The van der Waals surface area contributed by atoms with Gasteiger partial charge in [-0.2, -0.15) is 0 Å². The van der Waals surface area contributed by atoms with Crippen molar-refractivity contribution in [3.05, 3.63) is 41.5 Å². The predicted molar refractivity (Wildman–Crippen MR) is 131 cm³/mol. The standard InChI is InChI=1S/C23H27N7O2S/c1-12-8-19-26-18(11-30(19)15(4)25-12)27-22(31)16-6-7-17(21-20(16)28-23(32-5)33-21)29-9-13(2)24-14(3)10-29/h6-8,11,13-14,24H,9-10H2,1-5H3,(H,27,31)/t13-,14-/m0/s1. The minimum atomic E-state index is -0.257. The maximum Gasteiger partial charge on any atom is 0.274 e. The highest BCUT2D eigenvalue weighted by atomic mass is 32.1. The van der Waals surface area contributed by atoms with E-state index in [2.05, 4.69) is 44.3 Å². The molecule has 0 spiro atoms. The molecular weight excluding hydrogens is 438 g/mol. The molecule has 10 heteroatoms. The van der Waals surface area contributed by atoms with Crippen molar-refractivity contribution in [2.75, 3.05) is 30.4 Å². The quantitative estimate of drug-likeness (QED) is 0.477. The van der Waals surface area contributed by atoms with Crippen molar-refractivity contribution < 1.29 is 9.53 Å². The first-order valence-electron chi connectivity index (χ1n) is 11.0. The second kappa shape index (κ2) is 8.27. The third kappa shape index (κ3) is 4.00. The second-order valence-corrected chi connectivity index (χ2v) is 9.58. The van der Waals surface area contributed by atoms with Crippen LogP contribution in [0.2, 0.25) is 0 Å². The van der Waals surface area contributed by atoms with E-state index in [0.29, 0.717) is 34.2 Å². The number of nitrogens with one attached hydrogen (secondary N) is 2. The Hall–Kier alpha value is -3.24. The predicted octanol–water partition coefficient (Wildman–Crippen LogP) is 3.40. The molecule has 1 amide bonds. The minimum absolute atomic E-state index is 0.257. The number of benzene rings is 1. The number of piperazine rings is 1. The summed E-state index contributed by atoms with van der Waals surface area (Å²) in [5.41, 5.74) is 3.84. The molecule has 0 bridgehead atoms. The highest BCUT2D eigenvalue weighted by Crippen LogP contribution is 2.38. The van der Waals surface area contributed by atoms with E-state index in [-0.39, 0.29) is 5.91 Å². The number of methoxy groups -OCH3 is 1. The van der Waals surface area contributed by atoms with E-state index in [1.54, 1.807) is 13.3 Å². The van der Waals surface area contributed by atoms with Crippen LogP contribution in [0.1, 0.15) is 35.7 Å². The van der Waals surface area contributed by atoms with E-state index >= 15 is 0 Å². The summed E-state index contributed by atoms with van der Waals surface area (Å²) in [7, 11) is 1.60. The normalized spacial score (nSPS) is 18.8. The Morgan fingerprint density at radius 2 is 1.94 bits per heavy atom. The van der Waals surface area contributed by atoms with Gasteiger partial charge in [-0.15, -0.1) is 0 Å². The van der Waals surface area contributed by atoms with Crippen molar-refractivity contribution in [1.29, 1.82) is 0 Å². The number of carbonyl (C=O) groups is 1. The molecule has 172 valence electrons. The first-order chi connectivity index (χ1) is 15.8.